The molecule has 0 bridgehead atoms. The Labute approximate surface area is 114 Å². The number of halogens is 1. The van der Waals surface area contributed by atoms with Crippen molar-refractivity contribution in [3.05, 3.63) is 59.4 Å². The SMILES string of the molecule is O=C(O)c1ccc(C2=Nc3ccc(F)cc3OC2)cc1. The highest BCUT2D eigenvalue weighted by molar-refractivity contribution is 6.04. The molecule has 1 heterocycles. The predicted octanol–water partition coefficient (Wildman–Crippen LogP) is 3.04. The topological polar surface area (TPSA) is 58.9 Å². The Bertz CT molecular complexity index is 708. The largest absolute Gasteiger partial charge is 0.485 e. The molecule has 2 aromatic carbocycles. The van der Waals surface area contributed by atoms with Crippen molar-refractivity contribution < 1.29 is 19.0 Å². The summed E-state index contributed by atoms with van der Waals surface area (Å²) in [6, 6.07) is 10.6. The minimum atomic E-state index is -0.973. The molecule has 1 aliphatic rings. The summed E-state index contributed by atoms with van der Waals surface area (Å²) in [5.41, 5.74) is 2.24. The predicted molar refractivity (Wildman–Crippen MR) is 71.5 cm³/mol. The molecular weight excluding hydrogens is 261 g/mol. The molecule has 0 atom stereocenters. The van der Waals surface area contributed by atoms with Crippen molar-refractivity contribution in [1.82, 2.24) is 0 Å². The van der Waals surface area contributed by atoms with Gasteiger partial charge in [-0.25, -0.2) is 14.2 Å². The third kappa shape index (κ3) is 2.25. The number of carboxylic acid groups (broad SMARTS) is 1. The van der Waals surface area contributed by atoms with E-state index in [-0.39, 0.29) is 18.0 Å². The molecule has 0 amide bonds. The lowest BCUT2D eigenvalue weighted by Gasteiger charge is -2.17. The molecule has 1 N–H and O–H groups in total. The molecule has 20 heavy (non-hydrogen) atoms. The fourth-order valence-corrected chi connectivity index (χ4v) is 1.97. The maximum Gasteiger partial charge on any atom is 0.335 e. The molecule has 0 saturated carbocycles. The number of hydrogen-bond acceptors (Lipinski definition) is 3. The first-order chi connectivity index (χ1) is 9.63. The van der Waals surface area contributed by atoms with Crippen LogP contribution in [0.4, 0.5) is 10.1 Å². The molecule has 0 unspecified atom stereocenters. The Morgan fingerprint density at radius 2 is 1.95 bits per heavy atom. The van der Waals surface area contributed by atoms with E-state index in [0.717, 1.165) is 5.56 Å². The molecule has 0 aliphatic carbocycles. The quantitative estimate of drug-likeness (QED) is 0.913. The lowest BCUT2D eigenvalue weighted by atomic mass is 10.1. The van der Waals surface area contributed by atoms with Gasteiger partial charge in [-0.05, 0) is 29.8 Å². The molecular formula is C15H10FNO3. The molecule has 0 aromatic heterocycles. The highest BCUT2D eigenvalue weighted by Crippen LogP contribution is 2.32. The second kappa shape index (κ2) is 4.77. The van der Waals surface area contributed by atoms with Gasteiger partial charge < -0.3 is 9.84 Å². The van der Waals surface area contributed by atoms with Crippen LogP contribution in [0.5, 0.6) is 5.75 Å². The Kier molecular flexibility index (Phi) is 2.95. The Morgan fingerprint density at radius 1 is 1.20 bits per heavy atom. The number of fused-ring (bicyclic) bond motifs is 1. The van der Waals surface area contributed by atoms with Crippen molar-refractivity contribution in [1.29, 1.82) is 0 Å². The lowest BCUT2D eigenvalue weighted by Crippen LogP contribution is -2.16. The fourth-order valence-electron chi connectivity index (χ4n) is 1.97. The molecule has 2 aromatic rings. The number of hydrogen-bond donors (Lipinski definition) is 1. The van der Waals surface area contributed by atoms with Crippen LogP contribution in [-0.2, 0) is 0 Å². The lowest BCUT2D eigenvalue weighted by molar-refractivity contribution is 0.0697. The standard InChI is InChI=1S/C15H10FNO3/c16-11-5-6-12-14(7-11)20-8-13(17-12)9-1-3-10(4-2-9)15(18)19/h1-7H,8H2,(H,18,19). The average Bonchev–Trinajstić information content (AvgIpc) is 2.47. The Morgan fingerprint density at radius 3 is 2.65 bits per heavy atom. The smallest absolute Gasteiger partial charge is 0.335 e. The van der Waals surface area contributed by atoms with Crippen molar-refractivity contribution in [3.8, 4) is 5.75 Å². The summed E-state index contributed by atoms with van der Waals surface area (Å²) >= 11 is 0. The van der Waals surface area contributed by atoms with Crippen LogP contribution in [0.1, 0.15) is 15.9 Å². The number of nitrogens with zero attached hydrogens (tertiary/aromatic N) is 1. The van der Waals surface area contributed by atoms with Gasteiger partial charge in [0.2, 0.25) is 0 Å². The van der Waals surface area contributed by atoms with Crippen molar-refractivity contribution in [2.45, 2.75) is 0 Å². The van der Waals surface area contributed by atoms with Crippen LogP contribution in [0, 0.1) is 5.82 Å². The highest BCUT2D eigenvalue weighted by atomic mass is 19.1. The third-order valence-corrected chi connectivity index (χ3v) is 3.01. The first kappa shape index (κ1) is 12.3. The zero-order chi connectivity index (χ0) is 14.1. The van der Waals surface area contributed by atoms with Gasteiger partial charge >= 0.3 is 5.97 Å². The van der Waals surface area contributed by atoms with Gasteiger partial charge in [0, 0.05) is 6.07 Å². The zero-order valence-electron chi connectivity index (χ0n) is 10.3. The van der Waals surface area contributed by atoms with Crippen LogP contribution in [-0.4, -0.2) is 23.4 Å². The minimum Gasteiger partial charge on any atom is -0.485 e. The van der Waals surface area contributed by atoms with Crippen molar-refractivity contribution >= 4 is 17.4 Å². The minimum absolute atomic E-state index is 0.216. The summed E-state index contributed by atoms with van der Waals surface area (Å²) in [5.74, 6) is -0.927. The summed E-state index contributed by atoms with van der Waals surface area (Å²) in [7, 11) is 0. The van der Waals surface area contributed by atoms with Crippen molar-refractivity contribution in [2.75, 3.05) is 6.61 Å². The van der Waals surface area contributed by atoms with Crippen molar-refractivity contribution in [2.24, 2.45) is 4.99 Å². The molecule has 0 saturated heterocycles. The van der Waals surface area contributed by atoms with Crippen LogP contribution in [0.15, 0.2) is 47.5 Å². The molecule has 5 heteroatoms. The van der Waals surface area contributed by atoms with Gasteiger partial charge in [0.15, 0.2) is 0 Å². The normalized spacial score (nSPS) is 13.2. The summed E-state index contributed by atoms with van der Waals surface area (Å²) in [6.07, 6.45) is 0. The summed E-state index contributed by atoms with van der Waals surface area (Å²) in [4.78, 5) is 15.2. The van der Waals surface area contributed by atoms with Gasteiger partial charge in [-0.3, -0.25) is 0 Å². The average molecular weight is 271 g/mol. The maximum atomic E-state index is 13.1. The van der Waals surface area contributed by atoms with Crippen LogP contribution < -0.4 is 4.74 Å². The molecule has 0 spiro atoms. The third-order valence-electron chi connectivity index (χ3n) is 3.01. The van der Waals surface area contributed by atoms with Crippen molar-refractivity contribution in [3.63, 3.8) is 0 Å². The van der Waals surface area contributed by atoms with Gasteiger partial charge in [0.1, 0.15) is 23.9 Å². The number of carbonyl (C=O) groups is 1. The first-order valence-electron chi connectivity index (χ1n) is 5.97. The van der Waals surface area contributed by atoms with Gasteiger partial charge in [-0.15, -0.1) is 0 Å². The van der Waals surface area contributed by atoms with E-state index >= 15 is 0 Å². The van der Waals surface area contributed by atoms with E-state index in [4.69, 9.17) is 9.84 Å². The molecule has 0 radical (unpaired) electrons. The maximum absolute atomic E-state index is 13.1. The number of benzene rings is 2. The summed E-state index contributed by atoms with van der Waals surface area (Å²) in [5, 5.41) is 8.85. The van der Waals surface area contributed by atoms with Gasteiger partial charge in [0.25, 0.3) is 0 Å². The first-order valence-corrected chi connectivity index (χ1v) is 5.97. The second-order valence-electron chi connectivity index (χ2n) is 4.34. The van der Waals surface area contributed by atoms with E-state index < -0.39 is 5.97 Å². The number of aliphatic imine (C=N–C) groups is 1. The number of aromatic carboxylic acids is 1. The summed E-state index contributed by atoms with van der Waals surface area (Å²) in [6.45, 7) is 0.225. The second-order valence-corrected chi connectivity index (χ2v) is 4.34. The molecule has 1 aliphatic heterocycles. The van der Waals surface area contributed by atoms with Crippen LogP contribution in [0.2, 0.25) is 0 Å². The Balaban J connectivity index is 1.95. The molecule has 4 nitrogen and oxygen atoms in total. The van der Waals surface area contributed by atoms with Gasteiger partial charge in [-0.2, -0.15) is 0 Å². The van der Waals surface area contributed by atoms with Gasteiger partial charge in [0.05, 0.1) is 11.3 Å². The van der Waals surface area contributed by atoms with Crippen LogP contribution in [0.25, 0.3) is 0 Å². The Hall–Kier alpha value is -2.69. The number of carboxylic acids is 1. The zero-order valence-corrected chi connectivity index (χ0v) is 10.3. The highest BCUT2D eigenvalue weighted by Gasteiger charge is 2.15. The molecule has 100 valence electrons. The van der Waals surface area contributed by atoms with E-state index in [9.17, 15) is 9.18 Å². The van der Waals surface area contributed by atoms with Crippen LogP contribution in [0.3, 0.4) is 0 Å². The van der Waals surface area contributed by atoms with E-state index in [1.54, 1.807) is 18.2 Å². The van der Waals surface area contributed by atoms with E-state index in [2.05, 4.69) is 4.99 Å². The fraction of sp³-hybridized carbons (Fsp3) is 0.0667. The summed E-state index contributed by atoms with van der Waals surface area (Å²) < 4.78 is 18.5. The molecule has 0 fully saturated rings. The number of ether oxygens (including phenoxy) is 1. The van der Waals surface area contributed by atoms with Crippen LogP contribution >= 0.6 is 0 Å². The monoisotopic (exact) mass is 271 g/mol. The molecule has 3 rings (SSSR count). The van der Waals surface area contributed by atoms with E-state index in [1.165, 1.54) is 24.3 Å². The van der Waals surface area contributed by atoms with E-state index in [0.29, 0.717) is 17.1 Å². The van der Waals surface area contributed by atoms with E-state index in [1.807, 2.05) is 0 Å². The number of rotatable bonds is 2. The van der Waals surface area contributed by atoms with Gasteiger partial charge in [-0.1, -0.05) is 12.1 Å².